The van der Waals surface area contributed by atoms with Crippen molar-refractivity contribution in [3.63, 3.8) is 0 Å². The van der Waals surface area contributed by atoms with Crippen LogP contribution in [0.5, 0.6) is 0 Å². The number of carbonyl (C=O) groups is 1. The molecule has 0 saturated carbocycles. The van der Waals surface area contributed by atoms with Crippen molar-refractivity contribution in [2.24, 2.45) is 0 Å². The lowest BCUT2D eigenvalue weighted by atomic mass is 9.94. The van der Waals surface area contributed by atoms with E-state index in [1.807, 2.05) is 0 Å². The molecule has 2 amide bonds. The maximum absolute atomic E-state index is 11.6. The molecule has 1 aliphatic heterocycles. The van der Waals surface area contributed by atoms with Crippen LogP contribution < -0.4 is 0 Å². The van der Waals surface area contributed by atoms with Gasteiger partial charge in [0.05, 0.1) is 12.1 Å². The Morgan fingerprint density at radius 1 is 1.33 bits per heavy atom. The van der Waals surface area contributed by atoms with Crippen LogP contribution in [0.3, 0.4) is 0 Å². The molecular weight excluding hydrogens is 196 g/mol. The molecule has 0 aromatic carbocycles. The highest BCUT2D eigenvalue weighted by atomic mass is 16.5. The number of likely N-dealkylation sites (N-methyl/N-ethyl adjacent to an activating group) is 1. The van der Waals surface area contributed by atoms with Crippen molar-refractivity contribution in [1.29, 1.82) is 0 Å². The molecule has 88 valence electrons. The first kappa shape index (κ1) is 12.3. The van der Waals surface area contributed by atoms with Crippen LogP contribution in [-0.2, 0) is 4.74 Å². The molecule has 0 aliphatic carbocycles. The van der Waals surface area contributed by atoms with Crippen molar-refractivity contribution in [3.8, 4) is 0 Å². The van der Waals surface area contributed by atoms with E-state index in [1.165, 1.54) is 4.90 Å². The van der Waals surface area contributed by atoms with Crippen molar-refractivity contribution < 1.29 is 14.6 Å². The van der Waals surface area contributed by atoms with Crippen LogP contribution in [0.1, 0.15) is 12.8 Å². The smallest absolute Gasteiger partial charge is 0.319 e. The first-order valence-corrected chi connectivity index (χ1v) is 5.17. The fourth-order valence-electron chi connectivity index (χ4n) is 1.76. The SMILES string of the molecule is CN(C)C(=O)N(C)CC1(O)CCOCC1. The summed E-state index contributed by atoms with van der Waals surface area (Å²) >= 11 is 0. The van der Waals surface area contributed by atoms with Crippen molar-refractivity contribution in [2.45, 2.75) is 18.4 Å². The molecule has 5 heteroatoms. The predicted octanol–water partition coefficient (Wildman–Crippen LogP) is 0.141. The molecule has 0 aromatic rings. The third-order valence-electron chi connectivity index (χ3n) is 2.66. The summed E-state index contributed by atoms with van der Waals surface area (Å²) in [6.45, 7) is 1.51. The van der Waals surface area contributed by atoms with Gasteiger partial charge in [-0.25, -0.2) is 4.79 Å². The van der Waals surface area contributed by atoms with Gasteiger partial charge in [-0.15, -0.1) is 0 Å². The molecule has 0 aromatic heterocycles. The van der Waals surface area contributed by atoms with E-state index < -0.39 is 5.60 Å². The highest BCUT2D eigenvalue weighted by Crippen LogP contribution is 2.21. The summed E-state index contributed by atoms with van der Waals surface area (Å²) < 4.78 is 5.18. The summed E-state index contributed by atoms with van der Waals surface area (Å²) in [4.78, 5) is 14.6. The summed E-state index contributed by atoms with van der Waals surface area (Å²) in [7, 11) is 5.11. The molecule has 0 bridgehead atoms. The zero-order valence-corrected chi connectivity index (χ0v) is 9.69. The standard InChI is InChI=1S/C10H20N2O3/c1-11(2)9(13)12(3)8-10(14)4-6-15-7-5-10/h14H,4-8H2,1-3H3. The van der Waals surface area contributed by atoms with E-state index in [1.54, 1.807) is 26.0 Å². The maximum Gasteiger partial charge on any atom is 0.319 e. The molecule has 1 aliphatic rings. The monoisotopic (exact) mass is 216 g/mol. The Bertz CT molecular complexity index is 225. The second-order valence-electron chi connectivity index (χ2n) is 4.37. The predicted molar refractivity (Wildman–Crippen MR) is 56.7 cm³/mol. The Hall–Kier alpha value is -0.810. The number of carbonyl (C=O) groups excluding carboxylic acids is 1. The molecule has 0 atom stereocenters. The molecule has 0 radical (unpaired) electrons. The highest BCUT2D eigenvalue weighted by Gasteiger charge is 2.32. The molecule has 0 unspecified atom stereocenters. The van der Waals surface area contributed by atoms with Crippen molar-refractivity contribution in [2.75, 3.05) is 40.9 Å². The van der Waals surface area contributed by atoms with E-state index in [4.69, 9.17) is 4.74 Å². The van der Waals surface area contributed by atoms with E-state index in [2.05, 4.69) is 0 Å². The summed E-state index contributed by atoms with van der Waals surface area (Å²) in [6, 6.07) is -0.0880. The quantitative estimate of drug-likeness (QED) is 0.714. The van der Waals surface area contributed by atoms with Gasteiger partial charge in [-0.2, -0.15) is 0 Å². The van der Waals surface area contributed by atoms with Crippen LogP contribution in [0.4, 0.5) is 4.79 Å². The first-order chi connectivity index (χ1) is 6.94. The number of amides is 2. The maximum atomic E-state index is 11.6. The Labute approximate surface area is 90.6 Å². The van der Waals surface area contributed by atoms with E-state index in [9.17, 15) is 9.90 Å². The fraction of sp³-hybridized carbons (Fsp3) is 0.900. The summed E-state index contributed by atoms with van der Waals surface area (Å²) in [5.74, 6) is 0. The van der Waals surface area contributed by atoms with Gasteiger partial charge >= 0.3 is 6.03 Å². The molecule has 1 heterocycles. The van der Waals surface area contributed by atoms with Gasteiger partial charge in [0.1, 0.15) is 0 Å². The number of nitrogens with zero attached hydrogens (tertiary/aromatic N) is 2. The molecule has 1 rings (SSSR count). The van der Waals surface area contributed by atoms with Crippen molar-refractivity contribution in [3.05, 3.63) is 0 Å². The van der Waals surface area contributed by atoms with Gasteiger partial charge < -0.3 is 19.6 Å². The molecular formula is C10H20N2O3. The van der Waals surface area contributed by atoms with Crippen LogP contribution in [0.2, 0.25) is 0 Å². The summed E-state index contributed by atoms with van der Waals surface area (Å²) in [5.41, 5.74) is -0.779. The third-order valence-corrected chi connectivity index (χ3v) is 2.66. The molecule has 1 fully saturated rings. The highest BCUT2D eigenvalue weighted by molar-refractivity contribution is 5.73. The largest absolute Gasteiger partial charge is 0.388 e. The second kappa shape index (κ2) is 4.81. The van der Waals surface area contributed by atoms with Crippen LogP contribution in [0.25, 0.3) is 0 Å². The minimum Gasteiger partial charge on any atom is -0.388 e. The van der Waals surface area contributed by atoms with E-state index >= 15 is 0 Å². The summed E-state index contributed by atoms with van der Waals surface area (Å²) in [6.07, 6.45) is 1.19. The zero-order chi connectivity index (χ0) is 11.5. The minimum atomic E-state index is -0.779. The van der Waals surface area contributed by atoms with E-state index in [-0.39, 0.29) is 6.03 Å². The Morgan fingerprint density at radius 3 is 2.33 bits per heavy atom. The second-order valence-corrected chi connectivity index (χ2v) is 4.37. The van der Waals surface area contributed by atoms with Crippen LogP contribution in [0.15, 0.2) is 0 Å². The first-order valence-electron chi connectivity index (χ1n) is 5.17. The van der Waals surface area contributed by atoms with E-state index in [0.29, 0.717) is 32.6 Å². The van der Waals surface area contributed by atoms with Crippen LogP contribution in [0, 0.1) is 0 Å². The van der Waals surface area contributed by atoms with Gasteiger partial charge in [0.25, 0.3) is 0 Å². The van der Waals surface area contributed by atoms with Gasteiger partial charge in [0.15, 0.2) is 0 Å². The van der Waals surface area contributed by atoms with Crippen LogP contribution >= 0.6 is 0 Å². The van der Waals surface area contributed by atoms with Gasteiger partial charge in [-0.05, 0) is 0 Å². The van der Waals surface area contributed by atoms with Gasteiger partial charge in [0, 0.05) is 47.2 Å². The lowest BCUT2D eigenvalue weighted by molar-refractivity contribution is -0.0730. The van der Waals surface area contributed by atoms with Crippen molar-refractivity contribution in [1.82, 2.24) is 9.80 Å². The molecule has 1 saturated heterocycles. The average molecular weight is 216 g/mol. The lowest BCUT2D eigenvalue weighted by Gasteiger charge is -2.36. The van der Waals surface area contributed by atoms with Crippen molar-refractivity contribution >= 4 is 6.03 Å². The fourth-order valence-corrected chi connectivity index (χ4v) is 1.76. The van der Waals surface area contributed by atoms with Gasteiger partial charge in [-0.1, -0.05) is 0 Å². The van der Waals surface area contributed by atoms with Gasteiger partial charge in [0.2, 0.25) is 0 Å². The minimum absolute atomic E-state index is 0.0880. The molecule has 0 spiro atoms. The lowest BCUT2D eigenvalue weighted by Crippen LogP contribution is -2.49. The van der Waals surface area contributed by atoms with E-state index in [0.717, 1.165) is 0 Å². The molecule has 15 heavy (non-hydrogen) atoms. The van der Waals surface area contributed by atoms with Crippen LogP contribution in [-0.4, -0.2) is 67.4 Å². The number of hydrogen-bond acceptors (Lipinski definition) is 3. The number of aliphatic hydroxyl groups is 1. The number of hydrogen-bond donors (Lipinski definition) is 1. The zero-order valence-electron chi connectivity index (χ0n) is 9.69. The Kier molecular flexibility index (Phi) is 3.93. The number of urea groups is 1. The molecule has 5 nitrogen and oxygen atoms in total. The average Bonchev–Trinajstić information content (AvgIpc) is 2.16. The summed E-state index contributed by atoms with van der Waals surface area (Å²) in [5, 5.41) is 10.2. The normalized spacial score (nSPS) is 19.7. The van der Waals surface area contributed by atoms with Gasteiger partial charge in [-0.3, -0.25) is 0 Å². The molecule has 1 N–H and O–H groups in total. The Balaban J connectivity index is 2.48. The Morgan fingerprint density at radius 2 is 1.87 bits per heavy atom. The topological polar surface area (TPSA) is 53.0 Å². The third kappa shape index (κ3) is 3.35. The number of rotatable bonds is 2. The number of ether oxygens (including phenoxy) is 1.